The number of aryl methyl sites for hydroxylation is 1. The minimum atomic E-state index is -1.41. The fourth-order valence-corrected chi connectivity index (χ4v) is 1.13. The maximum Gasteiger partial charge on any atom is 0.325 e. The monoisotopic (exact) mass is 199 g/mol. The molecule has 0 heterocycles. The molecular formula is C9H10FNO3. The molecule has 0 aliphatic heterocycles. The van der Waals surface area contributed by atoms with Crippen LogP contribution in [0.25, 0.3) is 0 Å². The Balaban J connectivity index is 3.26. The summed E-state index contributed by atoms with van der Waals surface area (Å²) in [7, 11) is 0. The molecule has 1 aromatic carbocycles. The van der Waals surface area contributed by atoms with E-state index in [4.69, 9.17) is 10.8 Å². The molecule has 1 atom stereocenters. The lowest BCUT2D eigenvalue weighted by Crippen LogP contribution is -2.21. The van der Waals surface area contributed by atoms with E-state index < -0.39 is 17.8 Å². The molecule has 0 unspecified atom stereocenters. The number of hydrogen-bond donors (Lipinski definition) is 3. The summed E-state index contributed by atoms with van der Waals surface area (Å²) >= 11 is 0. The van der Waals surface area contributed by atoms with Crippen LogP contribution in [0.4, 0.5) is 4.39 Å². The van der Waals surface area contributed by atoms with Gasteiger partial charge in [-0.15, -0.1) is 0 Å². The number of carbonyl (C=O) groups is 1. The van der Waals surface area contributed by atoms with Gasteiger partial charge in [0, 0.05) is 5.56 Å². The Morgan fingerprint density at radius 3 is 2.64 bits per heavy atom. The molecule has 14 heavy (non-hydrogen) atoms. The molecule has 0 aromatic heterocycles. The van der Waals surface area contributed by atoms with Gasteiger partial charge in [0.15, 0.2) is 0 Å². The highest BCUT2D eigenvalue weighted by Gasteiger charge is 2.20. The topological polar surface area (TPSA) is 83.6 Å². The van der Waals surface area contributed by atoms with Crippen molar-refractivity contribution >= 4 is 5.97 Å². The Hall–Kier alpha value is -1.62. The third kappa shape index (κ3) is 1.82. The zero-order chi connectivity index (χ0) is 10.9. The molecular weight excluding hydrogens is 189 g/mol. The zero-order valence-electron chi connectivity index (χ0n) is 7.49. The highest BCUT2D eigenvalue weighted by atomic mass is 19.1. The number of phenolic OH excluding ortho intramolecular Hbond substituents is 1. The van der Waals surface area contributed by atoms with Gasteiger partial charge in [0.05, 0.1) is 0 Å². The van der Waals surface area contributed by atoms with Crippen LogP contribution in [0.5, 0.6) is 5.75 Å². The summed E-state index contributed by atoms with van der Waals surface area (Å²) in [6.07, 6.45) is 0. The number of carboxylic acid groups (broad SMARTS) is 1. The molecule has 5 heteroatoms. The smallest absolute Gasteiger partial charge is 0.325 e. The van der Waals surface area contributed by atoms with Crippen molar-refractivity contribution in [2.75, 3.05) is 0 Å². The Bertz CT molecular complexity index is 379. The summed E-state index contributed by atoms with van der Waals surface area (Å²) in [6.45, 7) is 1.47. The minimum absolute atomic E-state index is 0.116. The molecule has 0 aliphatic carbocycles. The van der Waals surface area contributed by atoms with Crippen LogP contribution >= 0.6 is 0 Å². The first-order valence-electron chi connectivity index (χ1n) is 3.91. The van der Waals surface area contributed by atoms with Gasteiger partial charge >= 0.3 is 5.97 Å². The van der Waals surface area contributed by atoms with Gasteiger partial charge in [-0.1, -0.05) is 0 Å². The highest BCUT2D eigenvalue weighted by molar-refractivity contribution is 5.76. The summed E-state index contributed by atoms with van der Waals surface area (Å²) in [6, 6.07) is 0.610. The van der Waals surface area contributed by atoms with Gasteiger partial charge in [-0.25, -0.2) is 4.39 Å². The molecule has 0 bridgehead atoms. The molecule has 0 fully saturated rings. The summed E-state index contributed by atoms with van der Waals surface area (Å²) in [4.78, 5) is 10.5. The number of carboxylic acids is 1. The fourth-order valence-electron chi connectivity index (χ4n) is 1.13. The van der Waals surface area contributed by atoms with Gasteiger partial charge in [0.25, 0.3) is 0 Å². The summed E-state index contributed by atoms with van der Waals surface area (Å²) in [5, 5.41) is 18.0. The van der Waals surface area contributed by atoms with Crippen molar-refractivity contribution in [1.29, 1.82) is 0 Å². The first-order chi connectivity index (χ1) is 6.43. The van der Waals surface area contributed by atoms with Gasteiger partial charge in [0.1, 0.15) is 17.6 Å². The maximum absolute atomic E-state index is 12.9. The fraction of sp³-hybridized carbons (Fsp3) is 0.222. The second-order valence-corrected chi connectivity index (χ2v) is 2.98. The molecule has 0 amide bonds. The predicted octanol–water partition coefficient (Wildman–Crippen LogP) is 0.924. The molecule has 0 saturated carbocycles. The third-order valence-corrected chi connectivity index (χ3v) is 1.90. The Kier molecular flexibility index (Phi) is 2.71. The molecule has 76 valence electrons. The lowest BCUT2D eigenvalue weighted by Gasteiger charge is -2.10. The van der Waals surface area contributed by atoms with Crippen LogP contribution in [0.15, 0.2) is 12.1 Å². The molecule has 4 N–H and O–H groups in total. The molecule has 1 rings (SSSR count). The van der Waals surface area contributed by atoms with E-state index in [2.05, 4.69) is 0 Å². The number of aromatic hydroxyl groups is 1. The van der Waals surface area contributed by atoms with Crippen LogP contribution in [0, 0.1) is 12.7 Å². The number of nitrogens with two attached hydrogens (primary N) is 1. The Labute approximate surface area is 79.8 Å². The predicted molar refractivity (Wildman–Crippen MR) is 47.4 cm³/mol. The second-order valence-electron chi connectivity index (χ2n) is 2.98. The van der Waals surface area contributed by atoms with Crippen LogP contribution in [0.1, 0.15) is 17.2 Å². The van der Waals surface area contributed by atoms with E-state index in [1.807, 2.05) is 0 Å². The van der Waals surface area contributed by atoms with Gasteiger partial charge < -0.3 is 15.9 Å². The number of rotatable bonds is 2. The highest BCUT2D eigenvalue weighted by Crippen LogP contribution is 2.27. The molecule has 0 saturated heterocycles. The van der Waals surface area contributed by atoms with Crippen molar-refractivity contribution in [1.82, 2.24) is 0 Å². The van der Waals surface area contributed by atoms with Gasteiger partial charge in [-0.2, -0.15) is 0 Å². The molecule has 1 aromatic rings. The standard InChI is InChI=1S/C9H10FNO3/c1-4-2-5(10)3-6(8(4)12)7(11)9(13)14/h2-3,7,12H,11H2,1H3,(H,13,14)/t7-/m0/s1. The number of aliphatic carboxylic acids is 1. The first kappa shape index (κ1) is 10.5. The van der Waals surface area contributed by atoms with Crippen LogP contribution < -0.4 is 5.73 Å². The minimum Gasteiger partial charge on any atom is -0.507 e. The van der Waals surface area contributed by atoms with Crippen molar-refractivity contribution in [3.8, 4) is 5.75 Å². The Morgan fingerprint density at radius 2 is 2.14 bits per heavy atom. The van der Waals surface area contributed by atoms with Crippen molar-refractivity contribution in [3.63, 3.8) is 0 Å². The van der Waals surface area contributed by atoms with Crippen LogP contribution in [0.3, 0.4) is 0 Å². The van der Waals surface area contributed by atoms with Crippen molar-refractivity contribution in [2.24, 2.45) is 5.73 Å². The largest absolute Gasteiger partial charge is 0.507 e. The number of phenols is 1. The van der Waals surface area contributed by atoms with Crippen LogP contribution in [-0.2, 0) is 4.79 Å². The summed E-state index contributed by atoms with van der Waals surface area (Å²) in [5.41, 5.74) is 5.40. The van der Waals surface area contributed by atoms with Crippen LogP contribution in [-0.4, -0.2) is 16.2 Å². The molecule has 0 aliphatic rings. The second kappa shape index (κ2) is 3.63. The SMILES string of the molecule is Cc1cc(F)cc([C@H](N)C(=O)O)c1O. The number of benzene rings is 1. The van der Waals surface area contributed by atoms with Gasteiger partial charge in [-0.05, 0) is 24.6 Å². The lowest BCUT2D eigenvalue weighted by molar-refractivity contribution is -0.138. The molecule has 0 radical (unpaired) electrons. The summed E-state index contributed by atoms with van der Waals surface area (Å²) < 4.78 is 12.9. The number of hydrogen-bond acceptors (Lipinski definition) is 3. The van der Waals surface area contributed by atoms with E-state index in [1.54, 1.807) is 0 Å². The van der Waals surface area contributed by atoms with E-state index in [0.717, 1.165) is 12.1 Å². The molecule has 4 nitrogen and oxygen atoms in total. The third-order valence-electron chi connectivity index (χ3n) is 1.90. The van der Waals surface area contributed by atoms with Gasteiger partial charge in [0.2, 0.25) is 0 Å². The quantitative estimate of drug-likeness (QED) is 0.661. The van der Waals surface area contributed by atoms with Gasteiger partial charge in [-0.3, -0.25) is 4.79 Å². The normalized spacial score (nSPS) is 12.5. The van der Waals surface area contributed by atoms with E-state index >= 15 is 0 Å². The van der Waals surface area contributed by atoms with Crippen molar-refractivity contribution in [2.45, 2.75) is 13.0 Å². The maximum atomic E-state index is 12.9. The van der Waals surface area contributed by atoms with Crippen LogP contribution in [0.2, 0.25) is 0 Å². The average molecular weight is 199 g/mol. The van der Waals surface area contributed by atoms with E-state index in [1.165, 1.54) is 6.92 Å². The van der Waals surface area contributed by atoms with E-state index in [9.17, 15) is 14.3 Å². The van der Waals surface area contributed by atoms with E-state index in [-0.39, 0.29) is 16.9 Å². The lowest BCUT2D eigenvalue weighted by atomic mass is 10.0. The Morgan fingerprint density at radius 1 is 1.57 bits per heavy atom. The van der Waals surface area contributed by atoms with Crippen molar-refractivity contribution in [3.05, 3.63) is 29.1 Å². The summed E-state index contributed by atoms with van der Waals surface area (Å²) in [5.74, 6) is -2.21. The zero-order valence-corrected chi connectivity index (χ0v) is 7.49. The average Bonchev–Trinajstić information content (AvgIpc) is 2.09. The first-order valence-corrected chi connectivity index (χ1v) is 3.91. The number of halogens is 1. The van der Waals surface area contributed by atoms with Crippen molar-refractivity contribution < 1.29 is 19.4 Å². The van der Waals surface area contributed by atoms with E-state index in [0.29, 0.717) is 0 Å². The molecule has 0 spiro atoms.